The van der Waals surface area contributed by atoms with Gasteiger partial charge in [0.25, 0.3) is 0 Å². The molecule has 0 bridgehead atoms. The standard InChI is InChI=1S/C31H30O10/c1-19-26-12-23(38-17-30(34)40-25-10-6-22(16-33)29(14-25)37-3)8-4-20(26)7-11-27(19)41-31(35)18-39-24-9-5-21(15-32)28(13-24)36-2/h4-16,30-31,34-35H,17-18H2,1-3H3. The molecule has 0 aliphatic carbocycles. The molecule has 2 atom stereocenters. The van der Waals surface area contributed by atoms with Gasteiger partial charge in [0.15, 0.2) is 25.8 Å². The number of carbonyl (C=O) groups excluding carboxylic acids is 2. The lowest BCUT2D eigenvalue weighted by atomic mass is 10.0. The summed E-state index contributed by atoms with van der Waals surface area (Å²) in [7, 11) is 2.89. The van der Waals surface area contributed by atoms with Crippen LogP contribution >= 0.6 is 0 Å². The molecule has 10 heteroatoms. The van der Waals surface area contributed by atoms with Crippen molar-refractivity contribution in [3.8, 4) is 34.5 Å². The third-order valence-electron chi connectivity index (χ3n) is 6.20. The zero-order valence-corrected chi connectivity index (χ0v) is 22.7. The lowest BCUT2D eigenvalue weighted by Crippen LogP contribution is -2.24. The number of aldehydes is 2. The SMILES string of the molecule is COc1cc(OCC(O)Oc2ccc3ccc(OCC(O)Oc4ccc(C=O)c(OC)c4)cc3c2C)ccc1C=O. The Morgan fingerprint density at radius 3 is 1.78 bits per heavy atom. The highest BCUT2D eigenvalue weighted by atomic mass is 16.6. The summed E-state index contributed by atoms with van der Waals surface area (Å²) < 4.78 is 32.9. The molecular weight excluding hydrogens is 532 g/mol. The maximum absolute atomic E-state index is 11.1. The molecule has 41 heavy (non-hydrogen) atoms. The van der Waals surface area contributed by atoms with Crippen molar-refractivity contribution in [2.75, 3.05) is 27.4 Å². The summed E-state index contributed by atoms with van der Waals surface area (Å²) in [5.41, 5.74) is 1.52. The third-order valence-corrected chi connectivity index (χ3v) is 6.20. The van der Waals surface area contributed by atoms with E-state index in [9.17, 15) is 19.8 Å². The number of hydrogen-bond donors (Lipinski definition) is 2. The predicted molar refractivity (Wildman–Crippen MR) is 150 cm³/mol. The minimum Gasteiger partial charge on any atom is -0.496 e. The van der Waals surface area contributed by atoms with Crippen molar-refractivity contribution in [1.29, 1.82) is 0 Å². The highest BCUT2D eigenvalue weighted by molar-refractivity contribution is 5.88. The molecule has 0 saturated heterocycles. The molecule has 0 aliphatic rings. The fourth-order valence-corrected chi connectivity index (χ4v) is 4.09. The fraction of sp³-hybridized carbons (Fsp3) is 0.226. The first-order chi connectivity index (χ1) is 19.8. The molecule has 2 unspecified atom stereocenters. The van der Waals surface area contributed by atoms with E-state index in [4.69, 9.17) is 28.4 Å². The van der Waals surface area contributed by atoms with E-state index >= 15 is 0 Å². The second-order valence-electron chi connectivity index (χ2n) is 8.88. The molecule has 4 aromatic rings. The molecule has 0 aromatic heterocycles. The van der Waals surface area contributed by atoms with Gasteiger partial charge in [-0.25, -0.2) is 0 Å². The van der Waals surface area contributed by atoms with Crippen LogP contribution in [0, 0.1) is 6.92 Å². The Kier molecular flexibility index (Phi) is 9.62. The van der Waals surface area contributed by atoms with E-state index in [0.29, 0.717) is 58.2 Å². The second-order valence-corrected chi connectivity index (χ2v) is 8.88. The van der Waals surface area contributed by atoms with Crippen LogP contribution in [-0.2, 0) is 0 Å². The van der Waals surface area contributed by atoms with Gasteiger partial charge in [-0.2, -0.15) is 0 Å². The molecule has 0 spiro atoms. The Morgan fingerprint density at radius 2 is 1.17 bits per heavy atom. The summed E-state index contributed by atoms with van der Waals surface area (Å²) in [6.07, 6.45) is -1.20. The first-order valence-corrected chi connectivity index (χ1v) is 12.6. The maximum Gasteiger partial charge on any atom is 0.231 e. The van der Waals surface area contributed by atoms with Crippen LogP contribution in [0.1, 0.15) is 26.3 Å². The zero-order valence-electron chi connectivity index (χ0n) is 22.7. The van der Waals surface area contributed by atoms with Gasteiger partial charge in [-0.3, -0.25) is 9.59 Å². The zero-order chi connectivity index (χ0) is 29.4. The molecule has 0 heterocycles. The molecule has 4 rings (SSSR count). The molecular formula is C31H30O10. The molecule has 0 radical (unpaired) electrons. The van der Waals surface area contributed by atoms with Gasteiger partial charge in [0, 0.05) is 12.1 Å². The average molecular weight is 563 g/mol. The predicted octanol–water partition coefficient (Wildman–Crippen LogP) is 4.34. The average Bonchev–Trinajstić information content (AvgIpc) is 3.00. The second kappa shape index (κ2) is 13.5. The molecule has 0 saturated carbocycles. The first-order valence-electron chi connectivity index (χ1n) is 12.6. The Balaban J connectivity index is 1.37. The number of aliphatic hydroxyl groups is 2. The number of methoxy groups -OCH3 is 2. The molecule has 4 aromatic carbocycles. The monoisotopic (exact) mass is 562 g/mol. The number of carbonyl (C=O) groups is 2. The summed E-state index contributed by atoms with van der Waals surface area (Å²) in [4.78, 5) is 22.1. The summed E-state index contributed by atoms with van der Waals surface area (Å²) in [6, 6.07) is 18.4. The van der Waals surface area contributed by atoms with Crippen molar-refractivity contribution in [1.82, 2.24) is 0 Å². The highest BCUT2D eigenvalue weighted by Gasteiger charge is 2.14. The van der Waals surface area contributed by atoms with Crippen LogP contribution < -0.4 is 28.4 Å². The van der Waals surface area contributed by atoms with E-state index in [1.807, 2.05) is 19.1 Å². The van der Waals surface area contributed by atoms with Gasteiger partial charge in [-0.15, -0.1) is 0 Å². The molecule has 0 aliphatic heterocycles. The smallest absolute Gasteiger partial charge is 0.231 e. The topological polar surface area (TPSA) is 130 Å². The fourth-order valence-electron chi connectivity index (χ4n) is 4.09. The number of ether oxygens (including phenoxy) is 6. The number of aryl methyl sites for hydroxylation is 1. The molecule has 10 nitrogen and oxygen atoms in total. The van der Waals surface area contributed by atoms with E-state index < -0.39 is 12.6 Å². The van der Waals surface area contributed by atoms with Crippen molar-refractivity contribution in [3.63, 3.8) is 0 Å². The van der Waals surface area contributed by atoms with Crippen LogP contribution in [0.25, 0.3) is 10.8 Å². The number of hydrogen-bond acceptors (Lipinski definition) is 10. The van der Waals surface area contributed by atoms with Crippen molar-refractivity contribution in [3.05, 3.63) is 83.4 Å². The van der Waals surface area contributed by atoms with E-state index in [1.54, 1.807) is 42.5 Å². The third kappa shape index (κ3) is 7.24. The van der Waals surface area contributed by atoms with Crippen molar-refractivity contribution < 1.29 is 48.2 Å². The Labute approximate surface area is 236 Å². The summed E-state index contributed by atoms with van der Waals surface area (Å²) >= 11 is 0. The van der Waals surface area contributed by atoms with E-state index in [1.165, 1.54) is 26.4 Å². The summed E-state index contributed by atoms with van der Waals surface area (Å²) in [6.45, 7) is 1.53. The minimum atomic E-state index is -1.28. The van der Waals surface area contributed by atoms with Crippen molar-refractivity contribution >= 4 is 23.3 Å². The van der Waals surface area contributed by atoms with Crippen LogP contribution in [0.3, 0.4) is 0 Å². The highest BCUT2D eigenvalue weighted by Crippen LogP contribution is 2.31. The normalized spacial score (nSPS) is 12.2. The van der Waals surface area contributed by atoms with E-state index in [0.717, 1.165) is 16.3 Å². The van der Waals surface area contributed by atoms with Gasteiger partial charge in [0.1, 0.15) is 34.5 Å². The van der Waals surface area contributed by atoms with E-state index in [2.05, 4.69) is 0 Å². The van der Waals surface area contributed by atoms with Gasteiger partial charge in [0.05, 0.1) is 25.3 Å². The minimum absolute atomic E-state index is 0.160. The van der Waals surface area contributed by atoms with E-state index in [-0.39, 0.29) is 13.2 Å². The van der Waals surface area contributed by atoms with Crippen molar-refractivity contribution in [2.24, 2.45) is 0 Å². The van der Waals surface area contributed by atoms with Crippen LogP contribution in [0.4, 0.5) is 0 Å². The molecule has 0 amide bonds. The largest absolute Gasteiger partial charge is 0.496 e. The van der Waals surface area contributed by atoms with Gasteiger partial charge in [0.2, 0.25) is 12.6 Å². The van der Waals surface area contributed by atoms with Gasteiger partial charge >= 0.3 is 0 Å². The summed E-state index contributed by atoms with van der Waals surface area (Å²) in [5.74, 6) is 2.37. The molecule has 214 valence electrons. The van der Waals surface area contributed by atoms with Gasteiger partial charge in [-0.1, -0.05) is 12.1 Å². The maximum atomic E-state index is 11.1. The quantitative estimate of drug-likeness (QED) is 0.169. The lowest BCUT2D eigenvalue weighted by molar-refractivity contribution is -0.0485. The number of rotatable bonds is 14. The van der Waals surface area contributed by atoms with Crippen LogP contribution in [-0.4, -0.2) is 62.8 Å². The first kappa shape index (κ1) is 29.2. The number of benzene rings is 4. The lowest BCUT2D eigenvalue weighted by Gasteiger charge is -2.18. The van der Waals surface area contributed by atoms with Gasteiger partial charge < -0.3 is 38.6 Å². The van der Waals surface area contributed by atoms with Crippen LogP contribution in [0.5, 0.6) is 34.5 Å². The Bertz CT molecular complexity index is 1520. The Hall–Kier alpha value is -4.80. The van der Waals surface area contributed by atoms with Gasteiger partial charge in [-0.05, 0) is 65.7 Å². The molecule has 0 fully saturated rings. The van der Waals surface area contributed by atoms with Crippen LogP contribution in [0.15, 0.2) is 66.7 Å². The number of aliphatic hydroxyl groups excluding tert-OH is 2. The molecule has 2 N–H and O–H groups in total. The number of fused-ring (bicyclic) bond motifs is 1. The van der Waals surface area contributed by atoms with Crippen LogP contribution in [0.2, 0.25) is 0 Å². The van der Waals surface area contributed by atoms with Crippen molar-refractivity contribution in [2.45, 2.75) is 19.5 Å². The summed E-state index contributed by atoms with van der Waals surface area (Å²) in [5, 5.41) is 22.5. The Morgan fingerprint density at radius 1 is 0.659 bits per heavy atom.